The molecular weight excluding hydrogens is 998 g/mol. The van der Waals surface area contributed by atoms with E-state index in [2.05, 4.69) is 70.6 Å². The summed E-state index contributed by atoms with van der Waals surface area (Å²) in [6.45, 7) is 13.1. The van der Waals surface area contributed by atoms with Gasteiger partial charge in [0.25, 0.3) is 0 Å². The van der Waals surface area contributed by atoms with Gasteiger partial charge in [-0.15, -0.1) is 0 Å². The summed E-state index contributed by atoms with van der Waals surface area (Å²) in [5.41, 5.74) is 2.38. The van der Waals surface area contributed by atoms with E-state index in [1.165, 1.54) is 0 Å². The van der Waals surface area contributed by atoms with Crippen molar-refractivity contribution in [1.82, 2.24) is 50.7 Å². The second kappa shape index (κ2) is 27.2. The molecule has 3 saturated heterocycles. The van der Waals surface area contributed by atoms with E-state index in [9.17, 15) is 31.7 Å². The van der Waals surface area contributed by atoms with Crippen LogP contribution >= 0.6 is 11.6 Å². The number of nitrogens with one attached hydrogen (secondary N) is 7. The normalized spacial score (nSPS) is 22.7. The summed E-state index contributed by atoms with van der Waals surface area (Å²) in [6.07, 6.45) is 3.03. The number of urea groups is 2. The molecule has 400 valence electrons. The first-order valence-corrected chi connectivity index (χ1v) is 28.7. The number of carbonyl (C=O) groups excluding carboxylic acids is 2. The van der Waals surface area contributed by atoms with E-state index in [1.54, 1.807) is 60.7 Å². The Bertz CT molecular complexity index is 2530. The van der Waals surface area contributed by atoms with Crippen LogP contribution in [0.4, 0.5) is 9.59 Å². The van der Waals surface area contributed by atoms with Gasteiger partial charge in [0.2, 0.25) is 20.0 Å². The average Bonchev–Trinajstić information content (AvgIpc) is 4.10. The van der Waals surface area contributed by atoms with Crippen molar-refractivity contribution >= 4 is 43.7 Å². The summed E-state index contributed by atoms with van der Waals surface area (Å²) in [4.78, 5) is 31.5. The number of hydrogen-bond donors (Lipinski definition) is 7. The van der Waals surface area contributed by atoms with E-state index in [-0.39, 0.29) is 46.1 Å². The zero-order valence-corrected chi connectivity index (χ0v) is 44.2. The van der Waals surface area contributed by atoms with Gasteiger partial charge >= 0.3 is 12.1 Å². The Balaban J connectivity index is 0.685. The summed E-state index contributed by atoms with van der Waals surface area (Å²) in [5.74, 6) is 0.529. The quantitative estimate of drug-likeness (QED) is 0.0572. The van der Waals surface area contributed by atoms with Crippen molar-refractivity contribution in [2.45, 2.75) is 92.1 Å². The number of piperazine rings is 1. The standard InChI is InChI=1S/C50H72ClN11O9S2/c1-36-32-62(33-37(2)57-36)47-30-45-38(31-52)28-39(51)29-46(45)48(47)71-42-10-12-44(13-11-42)73(67,68)59-41-15-21-61(35-41)23-27-70-25-19-56-50(64)54-17-7-6-16-53-49(63)55-18-24-69-26-22-60-20-14-40(34-60)58-72(65,66)43-8-4-3-5-9-43/h3-5,8-13,28-29,36-37,40-41,47-48,57-59H,6-7,14-27,30,32-35H2,1-2H3,(H2,53,55,63)(H2,54,56,64)/t36-,37+,40-,41-,47+,48+/m1/s1. The highest BCUT2D eigenvalue weighted by Crippen LogP contribution is 2.41. The molecule has 0 saturated carbocycles. The molecule has 0 unspecified atom stereocenters. The lowest BCUT2D eigenvalue weighted by molar-refractivity contribution is 0.0480. The molecular formula is C50H72ClN11O9S2. The molecule has 4 amide bonds. The molecule has 3 aliphatic heterocycles. The highest BCUT2D eigenvalue weighted by molar-refractivity contribution is 7.89. The monoisotopic (exact) mass is 1070 g/mol. The number of ether oxygens (including phenoxy) is 3. The largest absolute Gasteiger partial charge is 0.484 e. The summed E-state index contributed by atoms with van der Waals surface area (Å²) in [7, 11) is -7.35. The fraction of sp³-hybridized carbons (Fsp3) is 0.580. The number of rotatable bonds is 26. The first-order chi connectivity index (χ1) is 35.2. The topological polar surface area (TPSA) is 248 Å². The van der Waals surface area contributed by atoms with Gasteiger partial charge in [0.1, 0.15) is 11.9 Å². The van der Waals surface area contributed by atoms with E-state index >= 15 is 0 Å². The molecule has 6 atom stereocenters. The SMILES string of the molecule is C[C@@H]1CN([C@H]2Cc3c(C#N)cc(Cl)cc3[C@@H]2Oc2ccc(S(=O)(=O)N[C@@H]3CCN(CCOCCNC(=O)NCCCCNC(=O)NCCOCCN4CC[C@@H](NS(=O)(=O)c5ccccc5)C4)C3)cc2)C[C@H](C)N1. The van der Waals surface area contributed by atoms with E-state index in [1.807, 2.05) is 6.07 Å². The van der Waals surface area contributed by atoms with E-state index in [0.717, 1.165) is 43.7 Å². The molecule has 0 spiro atoms. The van der Waals surface area contributed by atoms with Crippen LogP contribution in [0.1, 0.15) is 62.3 Å². The highest BCUT2D eigenvalue weighted by Gasteiger charge is 2.42. The van der Waals surface area contributed by atoms with Crippen LogP contribution in [0.3, 0.4) is 0 Å². The smallest absolute Gasteiger partial charge is 0.314 e. The number of benzene rings is 3. The van der Waals surface area contributed by atoms with E-state index in [4.69, 9.17) is 25.8 Å². The minimum Gasteiger partial charge on any atom is -0.484 e. The van der Waals surface area contributed by atoms with Crippen molar-refractivity contribution in [2.75, 3.05) is 105 Å². The Morgan fingerprint density at radius 2 is 1.23 bits per heavy atom. The van der Waals surface area contributed by atoms with Crippen molar-refractivity contribution < 1.29 is 40.6 Å². The van der Waals surface area contributed by atoms with Gasteiger partial charge in [0.05, 0.1) is 53.9 Å². The average molecular weight is 1070 g/mol. The number of amides is 4. The van der Waals surface area contributed by atoms with Crippen LogP contribution in [0, 0.1) is 11.3 Å². The Labute approximate surface area is 435 Å². The molecule has 7 N–H and O–H groups in total. The Morgan fingerprint density at radius 1 is 0.712 bits per heavy atom. The van der Waals surface area contributed by atoms with Gasteiger partial charge in [-0.25, -0.2) is 35.9 Å². The molecule has 3 aromatic carbocycles. The van der Waals surface area contributed by atoms with Crippen LogP contribution < -0.4 is 40.8 Å². The van der Waals surface area contributed by atoms with Gasteiger partial charge in [0, 0.05) is 94.6 Å². The highest BCUT2D eigenvalue weighted by atomic mass is 35.5. The van der Waals surface area contributed by atoms with Crippen LogP contribution in [-0.4, -0.2) is 179 Å². The van der Waals surface area contributed by atoms with Crippen LogP contribution in [-0.2, 0) is 35.9 Å². The zero-order valence-electron chi connectivity index (χ0n) is 41.8. The lowest BCUT2D eigenvalue weighted by Gasteiger charge is -2.41. The number of fused-ring (bicyclic) bond motifs is 1. The number of carbonyl (C=O) groups is 2. The number of unbranched alkanes of at least 4 members (excludes halogenated alkanes) is 1. The number of nitriles is 1. The molecule has 4 aliphatic rings. The second-order valence-corrected chi connectivity index (χ2v) is 23.1. The maximum atomic E-state index is 13.5. The molecule has 0 aromatic heterocycles. The van der Waals surface area contributed by atoms with Crippen LogP contribution in [0.5, 0.6) is 5.75 Å². The fourth-order valence-electron chi connectivity index (χ4n) is 9.99. The summed E-state index contributed by atoms with van der Waals surface area (Å²) >= 11 is 6.48. The van der Waals surface area contributed by atoms with E-state index < -0.39 is 20.0 Å². The maximum Gasteiger partial charge on any atom is 0.314 e. The lowest BCUT2D eigenvalue weighted by Crippen LogP contribution is -2.58. The Kier molecular flexibility index (Phi) is 20.9. The molecule has 0 bridgehead atoms. The number of sulfonamides is 2. The lowest BCUT2D eigenvalue weighted by atomic mass is 10.0. The molecule has 1 aliphatic carbocycles. The molecule has 23 heteroatoms. The summed E-state index contributed by atoms with van der Waals surface area (Å²) in [6, 6.07) is 20.3. The number of likely N-dealkylation sites (tertiary alicyclic amines) is 2. The minimum atomic E-state index is -3.80. The Hall–Kier alpha value is -4.64. The van der Waals surface area contributed by atoms with Crippen molar-refractivity contribution in [3.8, 4) is 11.8 Å². The Morgan fingerprint density at radius 3 is 1.77 bits per heavy atom. The molecule has 3 aromatic rings. The predicted molar refractivity (Wildman–Crippen MR) is 278 cm³/mol. The van der Waals surface area contributed by atoms with Crippen LogP contribution in [0.2, 0.25) is 5.02 Å². The predicted octanol–water partition coefficient (Wildman–Crippen LogP) is 2.76. The number of hydrogen-bond acceptors (Lipinski definition) is 14. The van der Waals surface area contributed by atoms with Gasteiger partial charge in [-0.3, -0.25) is 14.7 Å². The molecule has 20 nitrogen and oxygen atoms in total. The van der Waals surface area contributed by atoms with Crippen LogP contribution in [0.15, 0.2) is 76.5 Å². The van der Waals surface area contributed by atoms with Gasteiger partial charge < -0.3 is 40.8 Å². The third-order valence-electron chi connectivity index (χ3n) is 13.5. The van der Waals surface area contributed by atoms with Gasteiger partial charge in [-0.1, -0.05) is 29.8 Å². The summed E-state index contributed by atoms with van der Waals surface area (Å²) in [5, 5.41) is 25.1. The van der Waals surface area contributed by atoms with Crippen molar-refractivity contribution in [2.24, 2.45) is 0 Å². The molecule has 73 heavy (non-hydrogen) atoms. The third kappa shape index (κ3) is 16.9. The second-order valence-electron chi connectivity index (χ2n) is 19.3. The van der Waals surface area contributed by atoms with Crippen molar-refractivity contribution in [3.63, 3.8) is 0 Å². The first kappa shape index (κ1) is 56.1. The minimum absolute atomic E-state index is 0.0195. The number of nitrogens with zero attached hydrogens (tertiary/aromatic N) is 4. The summed E-state index contributed by atoms with van der Waals surface area (Å²) < 4.78 is 75.8. The molecule has 3 heterocycles. The van der Waals surface area contributed by atoms with Crippen molar-refractivity contribution in [1.29, 1.82) is 5.26 Å². The van der Waals surface area contributed by atoms with Gasteiger partial charge in [0.15, 0.2) is 0 Å². The maximum absolute atomic E-state index is 13.5. The first-order valence-electron chi connectivity index (χ1n) is 25.4. The zero-order chi connectivity index (χ0) is 51.8. The number of halogens is 1. The molecule has 3 fully saturated rings. The van der Waals surface area contributed by atoms with E-state index in [0.29, 0.717) is 133 Å². The van der Waals surface area contributed by atoms with Gasteiger partial charge in [-0.2, -0.15) is 5.26 Å². The van der Waals surface area contributed by atoms with Crippen molar-refractivity contribution in [3.05, 3.63) is 88.4 Å². The van der Waals surface area contributed by atoms with Gasteiger partial charge in [-0.05, 0) is 119 Å². The van der Waals surface area contributed by atoms with Crippen LogP contribution in [0.25, 0.3) is 0 Å². The molecule has 7 rings (SSSR count). The third-order valence-corrected chi connectivity index (χ3v) is 16.8. The fourth-order valence-corrected chi connectivity index (χ4v) is 12.8. The molecule has 0 radical (unpaired) electrons.